The molecule has 1 heteroatoms. The zero-order valence-electron chi connectivity index (χ0n) is 12.8. The van der Waals surface area contributed by atoms with Crippen molar-refractivity contribution in [1.82, 2.24) is 5.32 Å². The SMILES string of the molecule is CNCC1CCCCC1Cc1ccc(C(C)C)cc1. The first-order valence-electron chi connectivity index (χ1n) is 7.94. The average molecular weight is 259 g/mol. The molecule has 0 bridgehead atoms. The first-order valence-corrected chi connectivity index (χ1v) is 7.94. The molecular formula is C18H29N. The highest BCUT2D eigenvalue weighted by Crippen LogP contribution is 2.32. The highest BCUT2D eigenvalue weighted by Gasteiger charge is 2.24. The topological polar surface area (TPSA) is 12.0 Å². The Kier molecular flexibility index (Phi) is 5.45. The van der Waals surface area contributed by atoms with Crippen LogP contribution in [0.25, 0.3) is 0 Å². The molecule has 0 heterocycles. The summed E-state index contributed by atoms with van der Waals surface area (Å²) < 4.78 is 0. The molecule has 1 nitrogen and oxygen atoms in total. The van der Waals surface area contributed by atoms with Crippen LogP contribution >= 0.6 is 0 Å². The fraction of sp³-hybridized carbons (Fsp3) is 0.667. The van der Waals surface area contributed by atoms with Gasteiger partial charge in [-0.3, -0.25) is 0 Å². The van der Waals surface area contributed by atoms with E-state index in [2.05, 4.69) is 50.5 Å². The Balaban J connectivity index is 1.98. The van der Waals surface area contributed by atoms with E-state index in [0.717, 1.165) is 11.8 Å². The monoisotopic (exact) mass is 259 g/mol. The summed E-state index contributed by atoms with van der Waals surface area (Å²) >= 11 is 0. The van der Waals surface area contributed by atoms with Crippen LogP contribution in [0.2, 0.25) is 0 Å². The van der Waals surface area contributed by atoms with Gasteiger partial charge in [-0.05, 0) is 61.7 Å². The molecule has 19 heavy (non-hydrogen) atoms. The molecule has 0 radical (unpaired) electrons. The molecule has 2 unspecified atom stereocenters. The fourth-order valence-corrected chi connectivity index (χ4v) is 3.43. The molecule has 0 saturated heterocycles. The molecule has 1 aliphatic carbocycles. The van der Waals surface area contributed by atoms with Crippen LogP contribution in [0, 0.1) is 11.8 Å². The minimum absolute atomic E-state index is 0.640. The third kappa shape index (κ3) is 4.07. The zero-order valence-corrected chi connectivity index (χ0v) is 12.8. The van der Waals surface area contributed by atoms with Gasteiger partial charge in [-0.1, -0.05) is 51.0 Å². The van der Waals surface area contributed by atoms with E-state index in [9.17, 15) is 0 Å². The van der Waals surface area contributed by atoms with Gasteiger partial charge in [0.25, 0.3) is 0 Å². The molecule has 0 spiro atoms. The lowest BCUT2D eigenvalue weighted by atomic mass is 9.76. The summed E-state index contributed by atoms with van der Waals surface area (Å²) in [4.78, 5) is 0. The first kappa shape index (κ1) is 14.6. The van der Waals surface area contributed by atoms with Gasteiger partial charge in [0.2, 0.25) is 0 Å². The van der Waals surface area contributed by atoms with Gasteiger partial charge in [-0.2, -0.15) is 0 Å². The Bertz CT molecular complexity index is 364. The number of hydrogen-bond donors (Lipinski definition) is 1. The minimum Gasteiger partial charge on any atom is -0.319 e. The van der Waals surface area contributed by atoms with Crippen molar-refractivity contribution in [2.24, 2.45) is 11.8 Å². The van der Waals surface area contributed by atoms with Crippen molar-refractivity contribution < 1.29 is 0 Å². The molecule has 1 N–H and O–H groups in total. The zero-order chi connectivity index (χ0) is 13.7. The second kappa shape index (κ2) is 7.09. The summed E-state index contributed by atoms with van der Waals surface area (Å²) in [5.74, 6) is 2.40. The second-order valence-electron chi connectivity index (χ2n) is 6.46. The molecule has 0 amide bonds. The van der Waals surface area contributed by atoms with E-state index in [-0.39, 0.29) is 0 Å². The Morgan fingerprint density at radius 1 is 1.05 bits per heavy atom. The number of rotatable bonds is 5. The van der Waals surface area contributed by atoms with E-state index in [0.29, 0.717) is 5.92 Å². The quantitative estimate of drug-likeness (QED) is 0.827. The van der Waals surface area contributed by atoms with Gasteiger partial charge in [0, 0.05) is 0 Å². The summed E-state index contributed by atoms with van der Waals surface area (Å²) in [6.07, 6.45) is 6.95. The lowest BCUT2D eigenvalue weighted by Gasteiger charge is -2.31. The second-order valence-corrected chi connectivity index (χ2v) is 6.46. The van der Waals surface area contributed by atoms with Gasteiger partial charge in [-0.15, -0.1) is 0 Å². The Morgan fingerprint density at radius 3 is 2.26 bits per heavy atom. The molecule has 0 aromatic heterocycles. The van der Waals surface area contributed by atoms with E-state index in [1.54, 1.807) is 0 Å². The highest BCUT2D eigenvalue weighted by molar-refractivity contribution is 5.25. The Morgan fingerprint density at radius 2 is 1.68 bits per heavy atom. The molecule has 2 atom stereocenters. The normalized spacial score (nSPS) is 23.8. The molecule has 2 rings (SSSR count). The van der Waals surface area contributed by atoms with Crippen molar-refractivity contribution in [3.05, 3.63) is 35.4 Å². The third-order valence-electron chi connectivity index (χ3n) is 4.68. The van der Waals surface area contributed by atoms with Crippen molar-refractivity contribution in [1.29, 1.82) is 0 Å². The number of nitrogens with one attached hydrogen (secondary N) is 1. The summed E-state index contributed by atoms with van der Waals surface area (Å²) in [5, 5.41) is 3.38. The maximum atomic E-state index is 3.38. The summed E-state index contributed by atoms with van der Waals surface area (Å²) in [5.41, 5.74) is 2.98. The van der Waals surface area contributed by atoms with Crippen LogP contribution in [0.5, 0.6) is 0 Å². The summed E-state index contributed by atoms with van der Waals surface area (Å²) in [6, 6.07) is 9.33. The van der Waals surface area contributed by atoms with Crippen LogP contribution in [0.1, 0.15) is 56.6 Å². The number of benzene rings is 1. The highest BCUT2D eigenvalue weighted by atomic mass is 14.8. The van der Waals surface area contributed by atoms with Gasteiger partial charge >= 0.3 is 0 Å². The van der Waals surface area contributed by atoms with Gasteiger partial charge in [0.1, 0.15) is 0 Å². The van der Waals surface area contributed by atoms with Crippen LogP contribution in [0.15, 0.2) is 24.3 Å². The average Bonchev–Trinajstić information content (AvgIpc) is 2.42. The molecule has 0 aliphatic heterocycles. The van der Waals surface area contributed by atoms with Crippen LogP contribution in [-0.4, -0.2) is 13.6 Å². The predicted molar refractivity (Wildman–Crippen MR) is 83.6 cm³/mol. The van der Waals surface area contributed by atoms with E-state index in [4.69, 9.17) is 0 Å². The number of hydrogen-bond acceptors (Lipinski definition) is 1. The predicted octanol–water partition coefficient (Wildman–Crippen LogP) is 4.38. The molecular weight excluding hydrogens is 230 g/mol. The molecule has 1 aliphatic rings. The van der Waals surface area contributed by atoms with Gasteiger partial charge in [-0.25, -0.2) is 0 Å². The van der Waals surface area contributed by atoms with E-state index in [1.165, 1.54) is 49.8 Å². The lowest BCUT2D eigenvalue weighted by Crippen LogP contribution is -2.30. The Labute approximate surface area is 118 Å². The Hall–Kier alpha value is -0.820. The van der Waals surface area contributed by atoms with Crippen molar-refractivity contribution in [3.8, 4) is 0 Å². The first-order chi connectivity index (χ1) is 9.20. The van der Waals surface area contributed by atoms with E-state index in [1.807, 2.05) is 0 Å². The fourth-order valence-electron chi connectivity index (χ4n) is 3.43. The van der Waals surface area contributed by atoms with Gasteiger partial charge < -0.3 is 5.32 Å². The largest absolute Gasteiger partial charge is 0.319 e. The van der Waals surface area contributed by atoms with Crippen molar-refractivity contribution in [2.45, 2.75) is 51.9 Å². The van der Waals surface area contributed by atoms with Crippen LogP contribution in [0.4, 0.5) is 0 Å². The minimum atomic E-state index is 0.640. The molecule has 1 aromatic rings. The van der Waals surface area contributed by atoms with Gasteiger partial charge in [0.05, 0.1) is 0 Å². The molecule has 1 fully saturated rings. The summed E-state index contributed by atoms with van der Waals surface area (Å²) in [7, 11) is 2.09. The smallest absolute Gasteiger partial charge is 0.00208 e. The third-order valence-corrected chi connectivity index (χ3v) is 4.68. The maximum Gasteiger partial charge on any atom is -0.00208 e. The van der Waals surface area contributed by atoms with Crippen molar-refractivity contribution in [2.75, 3.05) is 13.6 Å². The lowest BCUT2D eigenvalue weighted by molar-refractivity contribution is 0.232. The van der Waals surface area contributed by atoms with Crippen molar-refractivity contribution in [3.63, 3.8) is 0 Å². The maximum absolute atomic E-state index is 3.38. The van der Waals surface area contributed by atoms with E-state index >= 15 is 0 Å². The van der Waals surface area contributed by atoms with Crippen molar-refractivity contribution >= 4 is 0 Å². The molecule has 1 saturated carbocycles. The van der Waals surface area contributed by atoms with Crippen LogP contribution in [0.3, 0.4) is 0 Å². The van der Waals surface area contributed by atoms with Gasteiger partial charge in [0.15, 0.2) is 0 Å². The van der Waals surface area contributed by atoms with Crippen LogP contribution < -0.4 is 5.32 Å². The molecule has 106 valence electrons. The van der Waals surface area contributed by atoms with E-state index < -0.39 is 0 Å². The van der Waals surface area contributed by atoms with Crippen LogP contribution in [-0.2, 0) is 6.42 Å². The standard InChI is InChI=1S/C18H29N/c1-14(2)16-10-8-15(9-11-16)12-17-6-4-5-7-18(17)13-19-3/h8-11,14,17-19H,4-7,12-13H2,1-3H3. The summed E-state index contributed by atoms with van der Waals surface area (Å²) in [6.45, 7) is 5.72. The molecule has 1 aromatic carbocycles.